The number of aliphatic imine (C=N–C) groups is 1. The molecule has 1 aliphatic heterocycles. The van der Waals surface area contributed by atoms with E-state index in [0.29, 0.717) is 12.1 Å². The van der Waals surface area contributed by atoms with E-state index in [9.17, 15) is 0 Å². The average molecular weight is 341 g/mol. The van der Waals surface area contributed by atoms with Gasteiger partial charge in [-0.2, -0.15) is 11.8 Å². The fourth-order valence-electron chi connectivity index (χ4n) is 3.81. The summed E-state index contributed by atoms with van der Waals surface area (Å²) in [4.78, 5) is 7.55. The molecule has 0 aromatic rings. The first kappa shape index (κ1) is 18.9. The molecule has 1 aliphatic carbocycles. The molecule has 23 heavy (non-hydrogen) atoms. The van der Waals surface area contributed by atoms with Crippen LogP contribution >= 0.6 is 11.8 Å². The van der Waals surface area contributed by atoms with Crippen molar-refractivity contribution in [2.24, 2.45) is 10.9 Å². The highest BCUT2D eigenvalue weighted by Gasteiger charge is 2.26. The number of guanidine groups is 1. The molecule has 0 aromatic heterocycles. The van der Waals surface area contributed by atoms with E-state index in [0.717, 1.165) is 30.2 Å². The smallest absolute Gasteiger partial charge is 0.191 e. The number of hydrogen-bond donors (Lipinski definition) is 2. The van der Waals surface area contributed by atoms with Crippen LogP contribution in [0, 0.1) is 5.92 Å². The van der Waals surface area contributed by atoms with Crippen LogP contribution in [0.3, 0.4) is 0 Å². The lowest BCUT2D eigenvalue weighted by atomic mass is 10.2. The lowest BCUT2D eigenvalue weighted by molar-refractivity contribution is 0.231. The number of likely N-dealkylation sites (tertiary alicyclic amines) is 1. The van der Waals surface area contributed by atoms with Gasteiger partial charge in [0.25, 0.3) is 0 Å². The fraction of sp³-hybridized carbons (Fsp3) is 0.944. The molecule has 3 atom stereocenters. The van der Waals surface area contributed by atoms with Crippen molar-refractivity contribution >= 4 is 17.7 Å². The third-order valence-electron chi connectivity index (χ3n) is 4.96. The van der Waals surface area contributed by atoms with E-state index in [2.05, 4.69) is 42.6 Å². The first-order valence-corrected chi connectivity index (χ1v) is 10.7. The number of nitrogens with one attached hydrogen (secondary N) is 2. The first-order valence-electron chi connectivity index (χ1n) is 9.44. The average Bonchev–Trinajstić information content (AvgIpc) is 3.13. The van der Waals surface area contributed by atoms with E-state index < -0.39 is 0 Å². The van der Waals surface area contributed by atoms with Crippen molar-refractivity contribution in [3.05, 3.63) is 0 Å². The van der Waals surface area contributed by atoms with Crippen molar-refractivity contribution in [2.45, 2.75) is 70.2 Å². The summed E-state index contributed by atoms with van der Waals surface area (Å²) in [6.07, 6.45) is 8.74. The van der Waals surface area contributed by atoms with E-state index in [-0.39, 0.29) is 0 Å². The van der Waals surface area contributed by atoms with Crippen LogP contribution < -0.4 is 10.6 Å². The number of nitrogens with zero attached hydrogens (tertiary/aromatic N) is 2. The molecule has 0 bridgehead atoms. The van der Waals surface area contributed by atoms with Gasteiger partial charge in [0.05, 0.1) is 6.54 Å². The molecule has 2 rings (SSSR count). The Bertz CT molecular complexity index is 372. The molecule has 0 spiro atoms. The molecular weight excluding hydrogens is 304 g/mol. The van der Waals surface area contributed by atoms with Crippen LogP contribution in [0.5, 0.6) is 0 Å². The number of thioether (sulfide) groups is 1. The molecule has 0 amide bonds. The third kappa shape index (κ3) is 6.18. The molecule has 2 N–H and O–H groups in total. The van der Waals surface area contributed by atoms with Gasteiger partial charge in [0.2, 0.25) is 0 Å². The van der Waals surface area contributed by atoms with Gasteiger partial charge in [-0.3, -0.25) is 9.89 Å². The Labute approximate surface area is 147 Å². The molecule has 5 heteroatoms. The Morgan fingerprint density at radius 2 is 2.13 bits per heavy atom. The maximum Gasteiger partial charge on any atom is 0.191 e. The van der Waals surface area contributed by atoms with Crippen LogP contribution in [0.1, 0.15) is 52.9 Å². The van der Waals surface area contributed by atoms with Gasteiger partial charge in [0.1, 0.15) is 0 Å². The lowest BCUT2D eigenvalue weighted by Gasteiger charge is -2.25. The predicted octanol–water partition coefficient (Wildman–Crippen LogP) is 2.95. The second kappa shape index (κ2) is 9.77. The Kier molecular flexibility index (Phi) is 8.04. The van der Waals surface area contributed by atoms with Gasteiger partial charge in [0, 0.05) is 30.4 Å². The normalized spacial score (nSPS) is 29.4. The minimum absolute atomic E-state index is 0.598. The number of rotatable bonds is 7. The summed E-state index contributed by atoms with van der Waals surface area (Å²) in [6.45, 7) is 11.1. The van der Waals surface area contributed by atoms with Crippen molar-refractivity contribution in [2.75, 3.05) is 32.4 Å². The molecule has 134 valence electrons. The van der Waals surface area contributed by atoms with Crippen LogP contribution in [0.25, 0.3) is 0 Å². The largest absolute Gasteiger partial charge is 0.357 e. The highest BCUT2D eigenvalue weighted by molar-refractivity contribution is 7.99. The lowest BCUT2D eigenvalue weighted by Crippen LogP contribution is -2.43. The zero-order chi connectivity index (χ0) is 16.7. The van der Waals surface area contributed by atoms with Crippen LogP contribution in [-0.2, 0) is 0 Å². The zero-order valence-electron chi connectivity index (χ0n) is 15.5. The summed E-state index contributed by atoms with van der Waals surface area (Å²) in [5, 5.41) is 7.93. The van der Waals surface area contributed by atoms with Gasteiger partial charge in [0.15, 0.2) is 5.96 Å². The molecule has 2 fully saturated rings. The molecular formula is C18H36N4S. The molecule has 1 saturated heterocycles. The molecule has 1 saturated carbocycles. The van der Waals surface area contributed by atoms with E-state index in [1.54, 1.807) is 0 Å². The van der Waals surface area contributed by atoms with Crippen molar-refractivity contribution in [3.8, 4) is 0 Å². The Morgan fingerprint density at radius 3 is 2.78 bits per heavy atom. The van der Waals surface area contributed by atoms with E-state index >= 15 is 0 Å². The molecule has 0 radical (unpaired) electrons. The van der Waals surface area contributed by atoms with Gasteiger partial charge in [-0.1, -0.05) is 13.8 Å². The van der Waals surface area contributed by atoms with Crippen molar-refractivity contribution < 1.29 is 0 Å². The molecule has 4 nitrogen and oxygen atoms in total. The summed E-state index contributed by atoms with van der Waals surface area (Å²) < 4.78 is 0. The predicted molar refractivity (Wildman–Crippen MR) is 103 cm³/mol. The molecule has 2 unspecified atom stereocenters. The minimum atomic E-state index is 0.598. The van der Waals surface area contributed by atoms with Crippen LogP contribution in [0.2, 0.25) is 0 Å². The molecule has 2 aliphatic rings. The zero-order valence-corrected chi connectivity index (χ0v) is 16.3. The standard InChI is InChI=1S/C18H36N4S/c1-5-19-18(21-15-8-9-17(11-15)23-4)20-12-16-7-6-10-22(16)13-14(2)3/h14-17H,5-13H2,1-4H3,(H2,19,20,21)/t15?,16-,17?/m1/s1. The third-order valence-corrected chi connectivity index (χ3v) is 6.06. The topological polar surface area (TPSA) is 39.7 Å². The Hall–Kier alpha value is -0.420. The maximum absolute atomic E-state index is 4.91. The molecule has 1 heterocycles. The SMILES string of the molecule is CCNC(=NC[C@H]1CCCN1CC(C)C)NC1CCC(SC)C1. The van der Waals surface area contributed by atoms with Gasteiger partial charge < -0.3 is 10.6 Å². The molecule has 0 aromatic carbocycles. The van der Waals surface area contributed by atoms with Crippen LogP contribution in [0.15, 0.2) is 4.99 Å². The quantitative estimate of drug-likeness (QED) is 0.552. The maximum atomic E-state index is 4.91. The van der Waals surface area contributed by atoms with Crippen molar-refractivity contribution in [1.82, 2.24) is 15.5 Å². The summed E-state index contributed by atoms with van der Waals surface area (Å²) in [6, 6.07) is 1.23. The van der Waals surface area contributed by atoms with E-state index in [1.807, 2.05) is 11.8 Å². The van der Waals surface area contributed by atoms with Crippen molar-refractivity contribution in [3.63, 3.8) is 0 Å². The van der Waals surface area contributed by atoms with Gasteiger partial charge in [-0.15, -0.1) is 0 Å². The van der Waals surface area contributed by atoms with Gasteiger partial charge >= 0.3 is 0 Å². The highest BCUT2D eigenvalue weighted by atomic mass is 32.2. The summed E-state index contributed by atoms with van der Waals surface area (Å²) >= 11 is 2.01. The van der Waals surface area contributed by atoms with Gasteiger partial charge in [-0.05, 0) is 57.7 Å². The van der Waals surface area contributed by atoms with Crippen molar-refractivity contribution in [1.29, 1.82) is 0 Å². The van der Waals surface area contributed by atoms with E-state index in [1.165, 1.54) is 45.2 Å². The second-order valence-electron chi connectivity index (χ2n) is 7.42. The summed E-state index contributed by atoms with van der Waals surface area (Å²) in [5.41, 5.74) is 0. The summed E-state index contributed by atoms with van der Waals surface area (Å²) in [5.74, 6) is 1.77. The van der Waals surface area contributed by atoms with Crippen LogP contribution in [0.4, 0.5) is 0 Å². The highest BCUT2D eigenvalue weighted by Crippen LogP contribution is 2.28. The monoisotopic (exact) mass is 340 g/mol. The van der Waals surface area contributed by atoms with Gasteiger partial charge in [-0.25, -0.2) is 0 Å². The number of hydrogen-bond acceptors (Lipinski definition) is 3. The Balaban J connectivity index is 1.85. The fourth-order valence-corrected chi connectivity index (χ4v) is 4.60. The first-order chi connectivity index (χ1) is 11.1. The van der Waals surface area contributed by atoms with Crippen LogP contribution in [-0.4, -0.2) is 60.6 Å². The summed E-state index contributed by atoms with van der Waals surface area (Å²) in [7, 11) is 0. The van der Waals surface area contributed by atoms with E-state index in [4.69, 9.17) is 4.99 Å². The minimum Gasteiger partial charge on any atom is -0.357 e. The second-order valence-corrected chi connectivity index (χ2v) is 8.55. The Morgan fingerprint density at radius 1 is 1.30 bits per heavy atom.